The van der Waals surface area contributed by atoms with Crippen LogP contribution >= 0.6 is 0 Å². The first-order chi connectivity index (χ1) is 18.7. The van der Waals surface area contributed by atoms with Crippen molar-refractivity contribution in [2.24, 2.45) is 0 Å². The average Bonchev–Trinajstić information content (AvgIpc) is 3.31. The molecule has 0 aliphatic heterocycles. The lowest BCUT2D eigenvalue weighted by Gasteiger charge is -2.10. The summed E-state index contributed by atoms with van der Waals surface area (Å²) < 4.78 is 2.39. The quantitative estimate of drug-likeness (QED) is 0.219. The maximum atomic E-state index is 2.39. The normalized spacial score (nSPS) is 11.7. The first kappa shape index (κ1) is 22.3. The van der Waals surface area contributed by atoms with Crippen LogP contribution in [0.2, 0.25) is 0 Å². The van der Waals surface area contributed by atoms with E-state index in [2.05, 4.69) is 157 Å². The van der Waals surface area contributed by atoms with Crippen molar-refractivity contribution in [2.75, 3.05) is 0 Å². The zero-order chi connectivity index (χ0) is 25.5. The van der Waals surface area contributed by atoms with E-state index in [9.17, 15) is 0 Å². The van der Waals surface area contributed by atoms with Gasteiger partial charge in [-0.2, -0.15) is 0 Å². The van der Waals surface area contributed by atoms with Crippen LogP contribution in [0.15, 0.2) is 133 Å². The molecule has 6 aromatic carbocycles. The molecule has 0 unspecified atom stereocenters. The van der Waals surface area contributed by atoms with Crippen molar-refractivity contribution in [3.05, 3.63) is 150 Å². The van der Waals surface area contributed by atoms with Gasteiger partial charge < -0.3 is 4.57 Å². The number of benzene rings is 6. The smallest absolute Gasteiger partial charge is 0.0541 e. The zero-order valence-corrected chi connectivity index (χ0v) is 21.3. The molecule has 0 spiro atoms. The number of hydrogen-bond donors (Lipinski definition) is 0. The predicted molar refractivity (Wildman–Crippen MR) is 164 cm³/mol. The monoisotopic (exact) mass is 485 g/mol. The average molecular weight is 486 g/mol. The highest BCUT2D eigenvalue weighted by atomic mass is 15.0. The molecule has 180 valence electrons. The van der Waals surface area contributed by atoms with Crippen molar-refractivity contribution in [2.45, 2.75) is 6.92 Å². The van der Waals surface area contributed by atoms with Crippen molar-refractivity contribution >= 4 is 44.7 Å². The van der Waals surface area contributed by atoms with Gasteiger partial charge in [0.2, 0.25) is 0 Å². The van der Waals surface area contributed by atoms with Crippen LogP contribution in [-0.2, 0) is 0 Å². The van der Waals surface area contributed by atoms with Gasteiger partial charge in [-0.1, -0.05) is 121 Å². The fraction of sp³-hybridized carbons (Fsp3) is 0.0270. The lowest BCUT2D eigenvalue weighted by molar-refractivity contribution is 1.19. The third-order valence-electron chi connectivity index (χ3n) is 7.45. The molecule has 0 radical (unpaired) electrons. The fourth-order valence-electron chi connectivity index (χ4n) is 5.40. The Hall–Kier alpha value is -4.88. The van der Waals surface area contributed by atoms with E-state index in [0.29, 0.717) is 0 Å². The van der Waals surface area contributed by atoms with E-state index in [1.807, 2.05) is 0 Å². The summed E-state index contributed by atoms with van der Waals surface area (Å²) >= 11 is 0. The number of para-hydroxylation sites is 1. The van der Waals surface area contributed by atoms with Crippen molar-refractivity contribution in [3.8, 4) is 16.8 Å². The van der Waals surface area contributed by atoms with E-state index in [4.69, 9.17) is 0 Å². The van der Waals surface area contributed by atoms with E-state index in [1.54, 1.807) is 0 Å². The van der Waals surface area contributed by atoms with Crippen molar-refractivity contribution in [1.29, 1.82) is 0 Å². The van der Waals surface area contributed by atoms with Crippen molar-refractivity contribution in [1.82, 2.24) is 4.57 Å². The molecule has 0 fully saturated rings. The molecule has 0 saturated heterocycles. The number of aryl methyl sites for hydroxylation is 1. The molecule has 0 N–H and O–H groups in total. The van der Waals surface area contributed by atoms with Gasteiger partial charge in [-0.05, 0) is 70.3 Å². The summed E-state index contributed by atoms with van der Waals surface area (Å²) in [5.41, 5.74) is 9.79. The first-order valence-corrected chi connectivity index (χ1v) is 13.1. The Morgan fingerprint density at radius 2 is 1.11 bits per heavy atom. The molecule has 1 heteroatoms. The van der Waals surface area contributed by atoms with Gasteiger partial charge in [0.25, 0.3) is 0 Å². The number of fused-ring (bicyclic) bond motifs is 4. The Balaban J connectivity index is 1.28. The third kappa shape index (κ3) is 3.99. The largest absolute Gasteiger partial charge is 0.309 e. The van der Waals surface area contributed by atoms with E-state index in [1.165, 1.54) is 66.1 Å². The van der Waals surface area contributed by atoms with Gasteiger partial charge in [0, 0.05) is 16.5 Å². The van der Waals surface area contributed by atoms with Crippen LogP contribution in [0.4, 0.5) is 0 Å². The van der Waals surface area contributed by atoms with Gasteiger partial charge in [0.1, 0.15) is 0 Å². The van der Waals surface area contributed by atoms with Crippen LogP contribution in [0.5, 0.6) is 0 Å². The predicted octanol–water partition coefficient (Wildman–Crippen LogP) is 10.1. The van der Waals surface area contributed by atoms with Gasteiger partial charge in [0.15, 0.2) is 0 Å². The Morgan fingerprint density at radius 1 is 0.474 bits per heavy atom. The number of rotatable bonds is 4. The standard InChI is InChI=1S/C37H27N/c1-26-10-12-27(13-11-26)14-15-28-16-18-30(19-17-28)32-21-23-37-35(25-32)34-8-4-5-9-36(34)38(37)33-22-20-29-6-2-3-7-31(29)24-33/h2-25H,1H3/b15-14+. The highest BCUT2D eigenvalue weighted by Crippen LogP contribution is 2.35. The summed E-state index contributed by atoms with van der Waals surface area (Å²) in [5.74, 6) is 0. The highest BCUT2D eigenvalue weighted by molar-refractivity contribution is 6.10. The SMILES string of the molecule is Cc1ccc(/C=C/c2ccc(-c3ccc4c(c3)c3ccccc3n4-c3ccc4ccccc4c3)cc2)cc1. The minimum Gasteiger partial charge on any atom is -0.309 e. The van der Waals surface area contributed by atoms with Gasteiger partial charge in [-0.25, -0.2) is 0 Å². The fourth-order valence-corrected chi connectivity index (χ4v) is 5.40. The topological polar surface area (TPSA) is 4.93 Å². The number of aromatic nitrogens is 1. The summed E-state index contributed by atoms with van der Waals surface area (Å²) in [6.07, 6.45) is 4.34. The highest BCUT2D eigenvalue weighted by Gasteiger charge is 2.13. The Bertz CT molecular complexity index is 1950. The molecular weight excluding hydrogens is 458 g/mol. The van der Waals surface area contributed by atoms with Crippen LogP contribution in [-0.4, -0.2) is 4.57 Å². The van der Waals surface area contributed by atoms with Gasteiger partial charge in [-0.3, -0.25) is 0 Å². The first-order valence-electron chi connectivity index (χ1n) is 13.1. The van der Waals surface area contributed by atoms with E-state index >= 15 is 0 Å². The Labute approximate surface area is 222 Å². The van der Waals surface area contributed by atoms with Crippen molar-refractivity contribution < 1.29 is 0 Å². The molecule has 1 nitrogen and oxygen atoms in total. The van der Waals surface area contributed by atoms with Crippen LogP contribution in [0, 0.1) is 6.92 Å². The van der Waals surface area contributed by atoms with Crippen LogP contribution in [0.25, 0.3) is 61.5 Å². The molecule has 7 rings (SSSR count). The second-order valence-corrected chi connectivity index (χ2v) is 9.98. The molecule has 0 bridgehead atoms. The maximum absolute atomic E-state index is 2.39. The van der Waals surface area contributed by atoms with Gasteiger partial charge in [0.05, 0.1) is 11.0 Å². The minimum absolute atomic E-state index is 1.19. The zero-order valence-electron chi connectivity index (χ0n) is 21.3. The summed E-state index contributed by atoms with van der Waals surface area (Å²) in [7, 11) is 0. The summed E-state index contributed by atoms with van der Waals surface area (Å²) in [6, 6.07) is 48.3. The van der Waals surface area contributed by atoms with Crippen LogP contribution in [0.3, 0.4) is 0 Å². The van der Waals surface area contributed by atoms with E-state index in [0.717, 1.165) is 0 Å². The summed E-state index contributed by atoms with van der Waals surface area (Å²) in [6.45, 7) is 2.12. The Kier molecular flexibility index (Phi) is 5.41. The lowest BCUT2D eigenvalue weighted by Crippen LogP contribution is -1.93. The lowest BCUT2D eigenvalue weighted by atomic mass is 10.0. The van der Waals surface area contributed by atoms with Gasteiger partial charge in [-0.15, -0.1) is 0 Å². The molecule has 0 amide bonds. The maximum Gasteiger partial charge on any atom is 0.0541 e. The molecular formula is C37H27N. The van der Waals surface area contributed by atoms with Crippen LogP contribution in [0.1, 0.15) is 16.7 Å². The molecule has 0 saturated carbocycles. The summed E-state index contributed by atoms with van der Waals surface area (Å²) in [4.78, 5) is 0. The third-order valence-corrected chi connectivity index (χ3v) is 7.45. The summed E-state index contributed by atoms with van der Waals surface area (Å²) in [5, 5.41) is 5.06. The molecule has 0 atom stereocenters. The molecule has 0 aliphatic rings. The molecule has 1 aromatic heterocycles. The number of nitrogens with zero attached hydrogens (tertiary/aromatic N) is 1. The van der Waals surface area contributed by atoms with E-state index in [-0.39, 0.29) is 0 Å². The molecule has 1 heterocycles. The number of hydrogen-bond acceptors (Lipinski definition) is 0. The van der Waals surface area contributed by atoms with E-state index < -0.39 is 0 Å². The van der Waals surface area contributed by atoms with Crippen molar-refractivity contribution in [3.63, 3.8) is 0 Å². The Morgan fingerprint density at radius 3 is 1.89 bits per heavy atom. The molecule has 7 aromatic rings. The second-order valence-electron chi connectivity index (χ2n) is 9.98. The minimum atomic E-state index is 1.19. The van der Waals surface area contributed by atoms with Gasteiger partial charge >= 0.3 is 0 Å². The van der Waals surface area contributed by atoms with Crippen LogP contribution < -0.4 is 0 Å². The molecule has 0 aliphatic carbocycles. The molecule has 38 heavy (non-hydrogen) atoms. The second kappa shape index (κ2) is 9.21.